The molecule has 0 spiro atoms. The molecule has 4 nitrogen and oxygen atoms in total. The third-order valence-electron chi connectivity index (χ3n) is 3.99. The van der Waals surface area contributed by atoms with Gasteiger partial charge in [0.05, 0.1) is 12.3 Å². The summed E-state index contributed by atoms with van der Waals surface area (Å²) in [6, 6.07) is 1.24. The Balaban J connectivity index is 2.36. The molecule has 1 aliphatic rings. The molecule has 1 aliphatic carbocycles. The molecule has 0 saturated carbocycles. The van der Waals surface area contributed by atoms with Crippen LogP contribution in [0, 0.1) is 18.7 Å². The van der Waals surface area contributed by atoms with Crippen LogP contribution in [0.1, 0.15) is 48.2 Å². The SMILES string of the molecule is CCCOCC1CCc2c(C)c(F)cc(NC(C)=O)c2C1=O. The molecular formula is C17H22FNO3. The summed E-state index contributed by atoms with van der Waals surface area (Å²) in [7, 11) is 0. The number of ketones is 1. The Labute approximate surface area is 130 Å². The maximum Gasteiger partial charge on any atom is 0.221 e. The molecule has 0 saturated heterocycles. The average Bonchev–Trinajstić information content (AvgIpc) is 2.45. The smallest absolute Gasteiger partial charge is 0.221 e. The molecule has 1 unspecified atom stereocenters. The van der Waals surface area contributed by atoms with Crippen LogP contribution in [0.5, 0.6) is 0 Å². The molecule has 1 aromatic carbocycles. The minimum atomic E-state index is -0.393. The number of nitrogens with one attached hydrogen (secondary N) is 1. The van der Waals surface area contributed by atoms with Crippen LogP contribution in [0.2, 0.25) is 0 Å². The van der Waals surface area contributed by atoms with Crippen LogP contribution < -0.4 is 5.32 Å². The molecule has 0 aromatic heterocycles. The summed E-state index contributed by atoms with van der Waals surface area (Å²) < 4.78 is 19.5. The molecular weight excluding hydrogens is 285 g/mol. The second kappa shape index (κ2) is 7.01. The fourth-order valence-corrected chi connectivity index (χ4v) is 2.87. The van der Waals surface area contributed by atoms with E-state index in [1.54, 1.807) is 6.92 Å². The lowest BCUT2D eigenvalue weighted by atomic mass is 9.80. The lowest BCUT2D eigenvalue weighted by molar-refractivity contribution is -0.114. The van der Waals surface area contributed by atoms with E-state index in [1.807, 2.05) is 6.92 Å². The molecule has 1 aromatic rings. The highest BCUT2D eigenvalue weighted by Gasteiger charge is 2.32. The second-order valence-corrected chi connectivity index (χ2v) is 5.74. The van der Waals surface area contributed by atoms with Crippen molar-refractivity contribution in [3.8, 4) is 0 Å². The number of rotatable bonds is 5. The van der Waals surface area contributed by atoms with Gasteiger partial charge in [0.1, 0.15) is 5.82 Å². The zero-order chi connectivity index (χ0) is 16.3. The van der Waals surface area contributed by atoms with Crippen molar-refractivity contribution >= 4 is 17.4 Å². The van der Waals surface area contributed by atoms with Crippen molar-refractivity contribution in [2.24, 2.45) is 5.92 Å². The number of Topliss-reactive ketones (excluding diaryl/α,β-unsaturated/α-hetero) is 1. The van der Waals surface area contributed by atoms with E-state index in [-0.39, 0.29) is 23.3 Å². The van der Waals surface area contributed by atoms with E-state index < -0.39 is 5.82 Å². The Hall–Kier alpha value is -1.75. The van der Waals surface area contributed by atoms with Crippen molar-refractivity contribution in [3.63, 3.8) is 0 Å². The summed E-state index contributed by atoms with van der Waals surface area (Å²) in [5.74, 6) is -1.00. The lowest BCUT2D eigenvalue weighted by Crippen LogP contribution is -2.29. The Morgan fingerprint density at radius 2 is 2.23 bits per heavy atom. The molecule has 0 bridgehead atoms. The van der Waals surface area contributed by atoms with Gasteiger partial charge in [-0.25, -0.2) is 4.39 Å². The van der Waals surface area contributed by atoms with Gasteiger partial charge < -0.3 is 10.1 Å². The summed E-state index contributed by atoms with van der Waals surface area (Å²) in [6.07, 6.45) is 2.18. The molecule has 120 valence electrons. The molecule has 5 heteroatoms. The first-order chi connectivity index (χ1) is 10.5. The van der Waals surface area contributed by atoms with Crippen molar-refractivity contribution in [1.82, 2.24) is 0 Å². The molecule has 22 heavy (non-hydrogen) atoms. The van der Waals surface area contributed by atoms with Crippen LogP contribution in [0.4, 0.5) is 10.1 Å². The first-order valence-electron chi connectivity index (χ1n) is 7.67. The highest BCUT2D eigenvalue weighted by molar-refractivity contribution is 6.08. The van der Waals surface area contributed by atoms with Gasteiger partial charge in [0.15, 0.2) is 5.78 Å². The number of carbonyl (C=O) groups excluding carboxylic acids is 2. The molecule has 1 N–H and O–H groups in total. The third-order valence-corrected chi connectivity index (χ3v) is 3.99. The van der Waals surface area contributed by atoms with E-state index in [4.69, 9.17) is 4.74 Å². The minimum Gasteiger partial charge on any atom is -0.381 e. The maximum atomic E-state index is 14.0. The fourth-order valence-electron chi connectivity index (χ4n) is 2.87. The molecule has 1 atom stereocenters. The fraction of sp³-hybridized carbons (Fsp3) is 0.529. The standard InChI is InChI=1S/C17H22FNO3/c1-4-7-22-9-12-5-6-13-10(2)14(18)8-15(19-11(3)20)16(13)17(12)21/h8,12H,4-7,9H2,1-3H3,(H,19,20). The van der Waals surface area contributed by atoms with Crippen molar-refractivity contribution < 1.29 is 18.7 Å². The van der Waals surface area contributed by atoms with E-state index in [0.29, 0.717) is 42.7 Å². The van der Waals surface area contributed by atoms with E-state index >= 15 is 0 Å². The van der Waals surface area contributed by atoms with Crippen LogP contribution in [0.25, 0.3) is 0 Å². The van der Waals surface area contributed by atoms with E-state index in [9.17, 15) is 14.0 Å². The van der Waals surface area contributed by atoms with Crippen LogP contribution in [0.15, 0.2) is 6.07 Å². The summed E-state index contributed by atoms with van der Waals surface area (Å²) >= 11 is 0. The normalized spacial score (nSPS) is 17.3. The van der Waals surface area contributed by atoms with Crippen molar-refractivity contribution in [1.29, 1.82) is 0 Å². The average molecular weight is 307 g/mol. The number of benzene rings is 1. The summed E-state index contributed by atoms with van der Waals surface area (Å²) in [6.45, 7) is 6.03. The van der Waals surface area contributed by atoms with Crippen molar-refractivity contribution in [2.45, 2.75) is 40.0 Å². The van der Waals surface area contributed by atoms with E-state index in [0.717, 1.165) is 6.42 Å². The van der Waals surface area contributed by atoms with Crippen LogP contribution in [0.3, 0.4) is 0 Å². The summed E-state index contributed by atoms with van der Waals surface area (Å²) in [4.78, 5) is 24.0. The zero-order valence-corrected chi connectivity index (χ0v) is 13.3. The summed E-state index contributed by atoms with van der Waals surface area (Å²) in [5.41, 5.74) is 1.92. The number of hydrogen-bond acceptors (Lipinski definition) is 3. The molecule has 0 radical (unpaired) electrons. The molecule has 0 aliphatic heterocycles. The van der Waals surface area contributed by atoms with Gasteiger partial charge in [0, 0.05) is 25.0 Å². The topological polar surface area (TPSA) is 55.4 Å². The highest BCUT2D eigenvalue weighted by Crippen LogP contribution is 2.34. The van der Waals surface area contributed by atoms with Gasteiger partial charge in [-0.1, -0.05) is 6.92 Å². The monoisotopic (exact) mass is 307 g/mol. The third kappa shape index (κ3) is 3.35. The minimum absolute atomic E-state index is 0.0656. The Kier molecular flexibility index (Phi) is 5.29. The largest absolute Gasteiger partial charge is 0.381 e. The number of anilines is 1. The van der Waals surface area contributed by atoms with Gasteiger partial charge in [-0.3, -0.25) is 9.59 Å². The van der Waals surface area contributed by atoms with Gasteiger partial charge in [-0.05, 0) is 43.4 Å². The van der Waals surface area contributed by atoms with Gasteiger partial charge in [0.2, 0.25) is 5.91 Å². The molecule has 0 fully saturated rings. The predicted octanol–water partition coefficient (Wildman–Crippen LogP) is 3.26. The first-order valence-corrected chi connectivity index (χ1v) is 7.67. The lowest BCUT2D eigenvalue weighted by Gasteiger charge is -2.27. The first kappa shape index (κ1) is 16.6. The van der Waals surface area contributed by atoms with Crippen LogP contribution in [-0.2, 0) is 16.0 Å². The number of carbonyl (C=O) groups is 2. The number of fused-ring (bicyclic) bond motifs is 1. The van der Waals surface area contributed by atoms with Gasteiger partial charge in [0.25, 0.3) is 0 Å². The number of ether oxygens (including phenoxy) is 1. The molecule has 2 rings (SSSR count). The number of halogens is 1. The predicted molar refractivity (Wildman–Crippen MR) is 82.7 cm³/mol. The van der Waals surface area contributed by atoms with Crippen LogP contribution >= 0.6 is 0 Å². The second-order valence-electron chi connectivity index (χ2n) is 5.74. The van der Waals surface area contributed by atoms with Gasteiger partial charge in [-0.15, -0.1) is 0 Å². The van der Waals surface area contributed by atoms with E-state index in [1.165, 1.54) is 13.0 Å². The number of amides is 1. The highest BCUT2D eigenvalue weighted by atomic mass is 19.1. The molecule has 0 heterocycles. The maximum absolute atomic E-state index is 14.0. The zero-order valence-electron chi connectivity index (χ0n) is 13.3. The Morgan fingerprint density at radius 3 is 2.86 bits per heavy atom. The molecule has 1 amide bonds. The van der Waals surface area contributed by atoms with Crippen LogP contribution in [-0.4, -0.2) is 24.9 Å². The van der Waals surface area contributed by atoms with Gasteiger partial charge >= 0.3 is 0 Å². The van der Waals surface area contributed by atoms with Gasteiger partial charge in [-0.2, -0.15) is 0 Å². The number of hydrogen-bond donors (Lipinski definition) is 1. The quantitative estimate of drug-likeness (QED) is 0.849. The van der Waals surface area contributed by atoms with Crippen molar-refractivity contribution in [2.75, 3.05) is 18.5 Å². The van der Waals surface area contributed by atoms with Crippen molar-refractivity contribution in [3.05, 3.63) is 28.6 Å². The Morgan fingerprint density at radius 1 is 1.50 bits per heavy atom. The summed E-state index contributed by atoms with van der Waals surface area (Å²) in [5, 5.41) is 2.58. The Bertz CT molecular complexity index is 598. The van der Waals surface area contributed by atoms with E-state index in [2.05, 4.69) is 5.32 Å².